The maximum absolute atomic E-state index is 12.7. The van der Waals surface area contributed by atoms with Crippen LogP contribution in [0.1, 0.15) is 28.5 Å². The molecule has 1 aromatic heterocycles. The number of aryl methyl sites for hydroxylation is 1. The SMILES string of the molecule is CCn1c(=O)c(/C=C/c2ccccc2OC)nc2cc(C(=O)O)ccc21. The number of ether oxygens (including phenoxy) is 1. The van der Waals surface area contributed by atoms with Gasteiger partial charge < -0.3 is 14.4 Å². The fraction of sp³-hybridized carbons (Fsp3) is 0.150. The van der Waals surface area contributed by atoms with Crippen molar-refractivity contribution in [1.82, 2.24) is 9.55 Å². The van der Waals surface area contributed by atoms with E-state index in [0.717, 1.165) is 5.56 Å². The number of fused-ring (bicyclic) bond motifs is 1. The van der Waals surface area contributed by atoms with E-state index in [-0.39, 0.29) is 16.8 Å². The summed E-state index contributed by atoms with van der Waals surface area (Å²) in [5, 5.41) is 9.18. The summed E-state index contributed by atoms with van der Waals surface area (Å²) in [5.41, 5.74) is 2.04. The van der Waals surface area contributed by atoms with E-state index in [1.165, 1.54) is 12.1 Å². The van der Waals surface area contributed by atoms with E-state index < -0.39 is 5.97 Å². The van der Waals surface area contributed by atoms with Gasteiger partial charge in [-0.3, -0.25) is 4.79 Å². The first-order chi connectivity index (χ1) is 12.5. The fourth-order valence-corrected chi connectivity index (χ4v) is 2.79. The Bertz CT molecular complexity index is 1070. The maximum atomic E-state index is 12.7. The van der Waals surface area contributed by atoms with Gasteiger partial charge in [0.15, 0.2) is 0 Å². The highest BCUT2D eigenvalue weighted by atomic mass is 16.5. The second kappa shape index (κ2) is 7.23. The summed E-state index contributed by atoms with van der Waals surface area (Å²) in [4.78, 5) is 28.3. The first-order valence-electron chi connectivity index (χ1n) is 8.14. The van der Waals surface area contributed by atoms with Crippen LogP contribution in [0.3, 0.4) is 0 Å². The Morgan fingerprint density at radius 2 is 2.00 bits per heavy atom. The van der Waals surface area contributed by atoms with Gasteiger partial charge in [-0.05, 0) is 43.3 Å². The number of nitrogens with zero attached hydrogens (tertiary/aromatic N) is 2. The number of rotatable bonds is 5. The van der Waals surface area contributed by atoms with Gasteiger partial charge in [0.25, 0.3) is 5.56 Å². The average molecular weight is 350 g/mol. The predicted molar refractivity (Wildman–Crippen MR) is 101 cm³/mol. The molecule has 0 aliphatic carbocycles. The van der Waals surface area contributed by atoms with Crippen LogP contribution in [0.5, 0.6) is 5.75 Å². The Morgan fingerprint density at radius 3 is 2.69 bits per heavy atom. The normalized spacial score (nSPS) is 11.2. The van der Waals surface area contributed by atoms with Gasteiger partial charge >= 0.3 is 5.97 Å². The van der Waals surface area contributed by atoms with E-state index in [4.69, 9.17) is 4.74 Å². The molecule has 1 N–H and O–H groups in total. The highest BCUT2D eigenvalue weighted by Gasteiger charge is 2.11. The molecule has 0 saturated heterocycles. The molecule has 3 aromatic rings. The van der Waals surface area contributed by atoms with Crippen LogP contribution in [0.4, 0.5) is 0 Å². The highest BCUT2D eigenvalue weighted by molar-refractivity contribution is 5.92. The Labute approximate surface area is 150 Å². The molecule has 0 amide bonds. The monoisotopic (exact) mass is 350 g/mol. The van der Waals surface area contributed by atoms with Crippen LogP contribution < -0.4 is 10.3 Å². The molecule has 0 saturated carbocycles. The molecule has 3 rings (SSSR count). The minimum Gasteiger partial charge on any atom is -0.496 e. The number of carboxylic acid groups (broad SMARTS) is 1. The third kappa shape index (κ3) is 3.21. The lowest BCUT2D eigenvalue weighted by Gasteiger charge is -2.09. The quantitative estimate of drug-likeness (QED) is 0.763. The van der Waals surface area contributed by atoms with Gasteiger partial charge in [-0.2, -0.15) is 0 Å². The van der Waals surface area contributed by atoms with Gasteiger partial charge in [-0.25, -0.2) is 9.78 Å². The molecule has 0 aliphatic rings. The molecular weight excluding hydrogens is 332 g/mol. The Morgan fingerprint density at radius 1 is 1.23 bits per heavy atom. The molecule has 6 heteroatoms. The topological polar surface area (TPSA) is 81.4 Å². The fourth-order valence-electron chi connectivity index (χ4n) is 2.79. The number of benzene rings is 2. The van der Waals surface area contributed by atoms with E-state index in [0.29, 0.717) is 23.3 Å². The Balaban J connectivity index is 2.16. The zero-order valence-electron chi connectivity index (χ0n) is 14.5. The van der Waals surface area contributed by atoms with E-state index in [1.807, 2.05) is 31.2 Å². The lowest BCUT2D eigenvalue weighted by molar-refractivity contribution is 0.0697. The minimum atomic E-state index is -1.03. The molecule has 0 aliphatic heterocycles. The minimum absolute atomic E-state index is 0.131. The van der Waals surface area contributed by atoms with Crippen molar-refractivity contribution in [3.05, 3.63) is 69.6 Å². The zero-order chi connectivity index (χ0) is 18.7. The summed E-state index contributed by atoms with van der Waals surface area (Å²) < 4.78 is 6.88. The van der Waals surface area contributed by atoms with Gasteiger partial charge in [-0.1, -0.05) is 18.2 Å². The van der Waals surface area contributed by atoms with Crippen molar-refractivity contribution >= 4 is 29.2 Å². The van der Waals surface area contributed by atoms with Gasteiger partial charge in [0.2, 0.25) is 0 Å². The van der Waals surface area contributed by atoms with E-state index in [1.54, 1.807) is 29.9 Å². The summed E-state index contributed by atoms with van der Waals surface area (Å²) in [5.74, 6) is -0.345. The molecular formula is C20H18N2O4. The van der Waals surface area contributed by atoms with Crippen LogP contribution in [0.2, 0.25) is 0 Å². The zero-order valence-corrected chi connectivity index (χ0v) is 14.5. The van der Waals surface area contributed by atoms with Crippen molar-refractivity contribution < 1.29 is 14.6 Å². The summed E-state index contributed by atoms with van der Waals surface area (Å²) in [6.45, 7) is 2.32. The highest BCUT2D eigenvalue weighted by Crippen LogP contribution is 2.20. The smallest absolute Gasteiger partial charge is 0.335 e. The summed E-state index contributed by atoms with van der Waals surface area (Å²) in [6, 6.07) is 12.0. The van der Waals surface area contributed by atoms with Crippen molar-refractivity contribution in [1.29, 1.82) is 0 Å². The van der Waals surface area contributed by atoms with Crippen molar-refractivity contribution in [2.75, 3.05) is 7.11 Å². The lowest BCUT2D eigenvalue weighted by atomic mass is 10.1. The number of hydrogen-bond donors (Lipinski definition) is 1. The number of methoxy groups -OCH3 is 1. The number of para-hydroxylation sites is 1. The van der Waals surface area contributed by atoms with Crippen LogP contribution in [-0.4, -0.2) is 27.7 Å². The standard InChI is InChI=1S/C20H18N2O4/c1-3-22-17-11-9-14(20(24)25)12-16(17)21-15(19(22)23)10-8-13-6-4-5-7-18(13)26-2/h4-12H,3H2,1-2H3,(H,24,25)/b10-8+. The number of aromatic nitrogens is 2. The second-order valence-electron chi connectivity index (χ2n) is 5.63. The molecule has 0 spiro atoms. The first kappa shape index (κ1) is 17.4. The number of carboxylic acids is 1. The van der Waals surface area contributed by atoms with Crippen LogP contribution in [-0.2, 0) is 6.54 Å². The van der Waals surface area contributed by atoms with E-state index >= 15 is 0 Å². The number of aromatic carboxylic acids is 1. The third-order valence-electron chi connectivity index (χ3n) is 4.09. The Hall–Kier alpha value is -3.41. The van der Waals surface area contributed by atoms with E-state index in [9.17, 15) is 14.7 Å². The van der Waals surface area contributed by atoms with Crippen LogP contribution in [0.25, 0.3) is 23.2 Å². The molecule has 1 heterocycles. The summed E-state index contributed by atoms with van der Waals surface area (Å²) in [7, 11) is 1.58. The van der Waals surface area contributed by atoms with Crippen molar-refractivity contribution in [3.63, 3.8) is 0 Å². The van der Waals surface area contributed by atoms with Gasteiger partial charge in [0.05, 0.1) is 23.7 Å². The molecule has 0 bridgehead atoms. The van der Waals surface area contributed by atoms with Crippen LogP contribution >= 0.6 is 0 Å². The molecule has 6 nitrogen and oxygen atoms in total. The molecule has 0 atom stereocenters. The average Bonchev–Trinajstić information content (AvgIpc) is 2.66. The molecule has 132 valence electrons. The van der Waals surface area contributed by atoms with Crippen molar-refractivity contribution in [3.8, 4) is 5.75 Å². The number of hydrogen-bond acceptors (Lipinski definition) is 4. The van der Waals surface area contributed by atoms with Gasteiger partial charge in [-0.15, -0.1) is 0 Å². The molecule has 2 aromatic carbocycles. The summed E-state index contributed by atoms with van der Waals surface area (Å²) in [6.07, 6.45) is 3.38. The van der Waals surface area contributed by atoms with Crippen LogP contribution in [0.15, 0.2) is 47.3 Å². The molecule has 26 heavy (non-hydrogen) atoms. The molecule has 0 fully saturated rings. The summed E-state index contributed by atoms with van der Waals surface area (Å²) >= 11 is 0. The van der Waals surface area contributed by atoms with Crippen molar-refractivity contribution in [2.45, 2.75) is 13.5 Å². The molecule has 0 unspecified atom stereocenters. The van der Waals surface area contributed by atoms with Gasteiger partial charge in [0.1, 0.15) is 11.4 Å². The maximum Gasteiger partial charge on any atom is 0.335 e. The largest absolute Gasteiger partial charge is 0.496 e. The predicted octanol–water partition coefficient (Wildman–Crippen LogP) is 3.29. The van der Waals surface area contributed by atoms with E-state index in [2.05, 4.69) is 4.98 Å². The molecule has 0 radical (unpaired) electrons. The lowest BCUT2D eigenvalue weighted by Crippen LogP contribution is -2.23. The first-order valence-corrected chi connectivity index (χ1v) is 8.14. The number of carbonyl (C=O) groups is 1. The van der Waals surface area contributed by atoms with Gasteiger partial charge in [0, 0.05) is 12.1 Å². The van der Waals surface area contributed by atoms with Crippen LogP contribution in [0, 0.1) is 0 Å². The Kier molecular flexibility index (Phi) is 4.84. The second-order valence-corrected chi connectivity index (χ2v) is 5.63. The third-order valence-corrected chi connectivity index (χ3v) is 4.09. The van der Waals surface area contributed by atoms with Crippen molar-refractivity contribution in [2.24, 2.45) is 0 Å².